The van der Waals surface area contributed by atoms with Crippen molar-refractivity contribution in [3.05, 3.63) is 0 Å². The van der Waals surface area contributed by atoms with E-state index in [4.69, 9.17) is 4.74 Å². The van der Waals surface area contributed by atoms with Crippen LogP contribution in [0.4, 0.5) is 0 Å². The highest BCUT2D eigenvalue weighted by Crippen LogP contribution is 2.22. The molecule has 1 N–H and O–H groups in total. The Kier molecular flexibility index (Phi) is 6.26. The first-order valence-corrected chi connectivity index (χ1v) is 6.47. The lowest BCUT2D eigenvalue weighted by atomic mass is 9.90. The van der Waals surface area contributed by atoms with Gasteiger partial charge in [0.05, 0.1) is 0 Å². The van der Waals surface area contributed by atoms with Crippen molar-refractivity contribution in [1.29, 1.82) is 0 Å². The molecule has 0 spiro atoms. The fraction of sp³-hybridized carbons (Fsp3) is 1.00. The van der Waals surface area contributed by atoms with Gasteiger partial charge >= 0.3 is 0 Å². The zero-order valence-corrected chi connectivity index (χ0v) is 10.6. The largest absolute Gasteiger partial charge is 0.381 e. The average Bonchev–Trinajstić information content (AvgIpc) is 2.25. The van der Waals surface area contributed by atoms with Crippen LogP contribution < -0.4 is 5.32 Å². The van der Waals surface area contributed by atoms with Crippen molar-refractivity contribution in [2.45, 2.75) is 52.0 Å². The number of hydrogen-bond donors (Lipinski definition) is 1. The molecule has 15 heavy (non-hydrogen) atoms. The van der Waals surface area contributed by atoms with Gasteiger partial charge in [-0.15, -0.1) is 0 Å². The fourth-order valence-corrected chi connectivity index (χ4v) is 2.42. The molecule has 0 amide bonds. The van der Waals surface area contributed by atoms with Crippen LogP contribution in [0, 0.1) is 11.8 Å². The first kappa shape index (κ1) is 13.0. The first-order valence-electron chi connectivity index (χ1n) is 6.47. The standard InChI is InChI=1S/C13H27NO/c1-11(2)10-13(14-3)5-4-12-6-8-15-9-7-12/h11-14H,4-10H2,1-3H3. The maximum atomic E-state index is 5.38. The summed E-state index contributed by atoms with van der Waals surface area (Å²) in [5.74, 6) is 1.72. The zero-order chi connectivity index (χ0) is 11.1. The molecular weight excluding hydrogens is 186 g/mol. The minimum absolute atomic E-state index is 0.716. The molecule has 1 heterocycles. The van der Waals surface area contributed by atoms with E-state index in [0.717, 1.165) is 25.0 Å². The van der Waals surface area contributed by atoms with Gasteiger partial charge in [0.1, 0.15) is 0 Å². The second-order valence-electron chi connectivity index (χ2n) is 5.25. The number of rotatable bonds is 6. The minimum atomic E-state index is 0.716. The highest BCUT2D eigenvalue weighted by molar-refractivity contribution is 4.71. The zero-order valence-electron chi connectivity index (χ0n) is 10.6. The van der Waals surface area contributed by atoms with Gasteiger partial charge in [-0.1, -0.05) is 13.8 Å². The van der Waals surface area contributed by atoms with Crippen molar-refractivity contribution in [3.8, 4) is 0 Å². The topological polar surface area (TPSA) is 21.3 Å². The summed E-state index contributed by atoms with van der Waals surface area (Å²) in [5.41, 5.74) is 0. The predicted octanol–water partition coefficient (Wildman–Crippen LogP) is 2.83. The van der Waals surface area contributed by atoms with Gasteiger partial charge in [-0.3, -0.25) is 0 Å². The molecule has 1 aliphatic heterocycles. The Balaban J connectivity index is 2.14. The molecule has 0 aromatic rings. The summed E-state index contributed by atoms with van der Waals surface area (Å²) in [6.45, 7) is 6.58. The third-order valence-corrected chi connectivity index (χ3v) is 3.43. The van der Waals surface area contributed by atoms with E-state index in [9.17, 15) is 0 Å². The summed E-state index contributed by atoms with van der Waals surface area (Å²) < 4.78 is 5.38. The monoisotopic (exact) mass is 213 g/mol. The van der Waals surface area contributed by atoms with Crippen molar-refractivity contribution in [2.75, 3.05) is 20.3 Å². The molecule has 0 aromatic heterocycles. The van der Waals surface area contributed by atoms with Gasteiger partial charge in [-0.2, -0.15) is 0 Å². The van der Waals surface area contributed by atoms with Crippen LogP contribution in [-0.2, 0) is 4.74 Å². The second-order valence-corrected chi connectivity index (χ2v) is 5.25. The van der Waals surface area contributed by atoms with Gasteiger partial charge in [0.2, 0.25) is 0 Å². The van der Waals surface area contributed by atoms with Crippen molar-refractivity contribution in [1.82, 2.24) is 5.32 Å². The van der Waals surface area contributed by atoms with Crippen molar-refractivity contribution < 1.29 is 4.74 Å². The Hall–Kier alpha value is -0.0800. The smallest absolute Gasteiger partial charge is 0.0468 e. The molecule has 0 radical (unpaired) electrons. The molecule has 1 unspecified atom stereocenters. The normalized spacial score (nSPS) is 20.8. The van der Waals surface area contributed by atoms with Gasteiger partial charge in [0.25, 0.3) is 0 Å². The van der Waals surface area contributed by atoms with Crippen LogP contribution in [0.2, 0.25) is 0 Å². The van der Waals surface area contributed by atoms with Crippen molar-refractivity contribution in [3.63, 3.8) is 0 Å². The summed E-state index contributed by atoms with van der Waals surface area (Å²) in [6.07, 6.45) is 6.57. The molecule has 0 aliphatic carbocycles. The third-order valence-electron chi connectivity index (χ3n) is 3.43. The number of hydrogen-bond acceptors (Lipinski definition) is 2. The Bertz CT molecular complexity index is 153. The summed E-state index contributed by atoms with van der Waals surface area (Å²) in [5, 5.41) is 3.44. The van der Waals surface area contributed by atoms with E-state index in [0.29, 0.717) is 6.04 Å². The van der Waals surface area contributed by atoms with Crippen LogP contribution >= 0.6 is 0 Å². The number of nitrogens with one attached hydrogen (secondary N) is 1. The quantitative estimate of drug-likeness (QED) is 0.732. The molecular formula is C13H27NO. The van der Waals surface area contributed by atoms with Crippen LogP contribution in [-0.4, -0.2) is 26.3 Å². The Morgan fingerprint density at radius 1 is 1.27 bits per heavy atom. The lowest BCUT2D eigenvalue weighted by Gasteiger charge is -2.25. The summed E-state index contributed by atoms with van der Waals surface area (Å²) >= 11 is 0. The van der Waals surface area contributed by atoms with Gasteiger partial charge < -0.3 is 10.1 Å². The summed E-state index contributed by atoms with van der Waals surface area (Å²) in [6, 6.07) is 0.716. The van der Waals surface area contributed by atoms with Crippen molar-refractivity contribution >= 4 is 0 Å². The third kappa shape index (κ3) is 5.53. The van der Waals surface area contributed by atoms with Crippen LogP contribution in [0.15, 0.2) is 0 Å². The lowest BCUT2D eigenvalue weighted by molar-refractivity contribution is 0.0622. The van der Waals surface area contributed by atoms with Gasteiger partial charge in [0, 0.05) is 19.3 Å². The van der Waals surface area contributed by atoms with Gasteiger partial charge in [-0.25, -0.2) is 0 Å². The SMILES string of the molecule is CNC(CCC1CCOCC1)CC(C)C. The van der Waals surface area contributed by atoms with E-state index in [-0.39, 0.29) is 0 Å². The fourth-order valence-electron chi connectivity index (χ4n) is 2.42. The maximum Gasteiger partial charge on any atom is 0.0468 e. The van der Waals surface area contributed by atoms with E-state index in [2.05, 4.69) is 26.2 Å². The molecule has 0 bridgehead atoms. The molecule has 2 nitrogen and oxygen atoms in total. The molecule has 1 rings (SSSR count). The molecule has 90 valence electrons. The minimum Gasteiger partial charge on any atom is -0.381 e. The molecule has 0 aromatic carbocycles. The Labute approximate surface area is 94.8 Å². The summed E-state index contributed by atoms with van der Waals surface area (Å²) in [7, 11) is 2.09. The molecule has 1 aliphatic rings. The average molecular weight is 213 g/mol. The van der Waals surface area contributed by atoms with E-state index in [1.54, 1.807) is 0 Å². The molecule has 1 saturated heterocycles. The molecule has 1 atom stereocenters. The highest BCUT2D eigenvalue weighted by Gasteiger charge is 2.16. The van der Waals surface area contributed by atoms with Crippen LogP contribution in [0.25, 0.3) is 0 Å². The highest BCUT2D eigenvalue weighted by atomic mass is 16.5. The van der Waals surface area contributed by atoms with Crippen LogP contribution in [0.3, 0.4) is 0 Å². The molecule has 0 saturated carbocycles. The van der Waals surface area contributed by atoms with E-state index < -0.39 is 0 Å². The molecule has 1 fully saturated rings. The van der Waals surface area contributed by atoms with Gasteiger partial charge in [0.15, 0.2) is 0 Å². The van der Waals surface area contributed by atoms with E-state index in [1.165, 1.54) is 32.1 Å². The summed E-state index contributed by atoms with van der Waals surface area (Å²) in [4.78, 5) is 0. The second kappa shape index (κ2) is 7.24. The van der Waals surface area contributed by atoms with E-state index in [1.807, 2.05) is 0 Å². The molecule has 2 heteroatoms. The van der Waals surface area contributed by atoms with E-state index >= 15 is 0 Å². The van der Waals surface area contributed by atoms with Crippen LogP contribution in [0.5, 0.6) is 0 Å². The van der Waals surface area contributed by atoms with Crippen molar-refractivity contribution in [2.24, 2.45) is 11.8 Å². The maximum absolute atomic E-state index is 5.38. The van der Waals surface area contributed by atoms with Crippen LogP contribution in [0.1, 0.15) is 46.0 Å². The Morgan fingerprint density at radius 2 is 1.93 bits per heavy atom. The lowest BCUT2D eigenvalue weighted by Crippen LogP contribution is -2.28. The van der Waals surface area contributed by atoms with Gasteiger partial charge in [-0.05, 0) is 51.0 Å². The first-order chi connectivity index (χ1) is 7.22. The predicted molar refractivity (Wildman–Crippen MR) is 65.1 cm³/mol. The Morgan fingerprint density at radius 3 is 2.47 bits per heavy atom. The number of ether oxygens (including phenoxy) is 1.